The number of allylic oxidation sites excluding steroid dienone is 1. The predicted molar refractivity (Wildman–Crippen MR) is 96.8 cm³/mol. The molecule has 1 aliphatic heterocycles. The maximum Gasteiger partial charge on any atom is 0.263 e. The summed E-state index contributed by atoms with van der Waals surface area (Å²) < 4.78 is 0. The molecule has 3 heteroatoms. The minimum absolute atomic E-state index is 0.0730. The lowest BCUT2D eigenvalue weighted by molar-refractivity contribution is -0.114. The molecule has 0 atom stereocenters. The molecule has 0 spiro atoms. The van der Waals surface area contributed by atoms with Gasteiger partial charge in [0.05, 0.1) is 5.70 Å². The fourth-order valence-electron chi connectivity index (χ4n) is 2.99. The van der Waals surface area contributed by atoms with E-state index in [0.717, 1.165) is 30.5 Å². The normalized spacial score (nSPS) is 15.0. The summed E-state index contributed by atoms with van der Waals surface area (Å²) >= 11 is 0. The molecule has 0 aliphatic carbocycles. The molecule has 0 radical (unpaired) electrons. The zero-order chi connectivity index (χ0) is 16.9. The van der Waals surface area contributed by atoms with Gasteiger partial charge in [0.2, 0.25) is 0 Å². The van der Waals surface area contributed by atoms with Crippen molar-refractivity contribution in [2.24, 2.45) is 0 Å². The van der Waals surface area contributed by atoms with Gasteiger partial charge in [-0.2, -0.15) is 0 Å². The highest BCUT2D eigenvalue weighted by Crippen LogP contribution is 2.36. The number of fused-ring (bicyclic) bond motifs is 1. The Morgan fingerprint density at radius 1 is 0.958 bits per heavy atom. The van der Waals surface area contributed by atoms with Crippen LogP contribution in [0.3, 0.4) is 0 Å². The van der Waals surface area contributed by atoms with Crippen molar-refractivity contribution in [1.82, 2.24) is 0 Å². The molecule has 0 fully saturated rings. The third-order valence-electron chi connectivity index (χ3n) is 4.22. The molecule has 0 unspecified atom stereocenters. The van der Waals surface area contributed by atoms with Crippen LogP contribution in [0.15, 0.2) is 60.7 Å². The van der Waals surface area contributed by atoms with E-state index in [4.69, 9.17) is 0 Å². The van der Waals surface area contributed by atoms with Gasteiger partial charge in [-0.1, -0.05) is 56.2 Å². The fourth-order valence-corrected chi connectivity index (χ4v) is 2.99. The number of para-hydroxylation sites is 1. The third kappa shape index (κ3) is 3.16. The van der Waals surface area contributed by atoms with E-state index in [-0.39, 0.29) is 11.7 Å². The van der Waals surface area contributed by atoms with Gasteiger partial charge in [0.15, 0.2) is 5.78 Å². The van der Waals surface area contributed by atoms with E-state index in [1.807, 2.05) is 54.6 Å². The minimum Gasteiger partial charge on any atom is -0.295 e. The number of amides is 1. The third-order valence-corrected chi connectivity index (χ3v) is 4.22. The molecule has 122 valence electrons. The summed E-state index contributed by atoms with van der Waals surface area (Å²) in [6, 6.07) is 17.0. The molecule has 0 saturated heterocycles. The van der Waals surface area contributed by atoms with Crippen molar-refractivity contribution in [3.05, 3.63) is 71.8 Å². The van der Waals surface area contributed by atoms with Crippen LogP contribution in [0.25, 0.3) is 5.70 Å². The summed E-state index contributed by atoms with van der Waals surface area (Å²) in [6.07, 6.45) is 5.18. The van der Waals surface area contributed by atoms with E-state index in [9.17, 15) is 9.59 Å². The van der Waals surface area contributed by atoms with Gasteiger partial charge in [0, 0.05) is 29.3 Å². The number of carbonyl (C=O) groups is 2. The molecular weight excluding hydrogens is 298 g/mol. The molecule has 2 aromatic rings. The average Bonchev–Trinajstić information content (AvgIpc) is 2.88. The highest BCUT2D eigenvalue weighted by molar-refractivity contribution is 6.24. The Bertz CT molecular complexity index is 777. The topological polar surface area (TPSA) is 37.4 Å². The molecule has 0 aromatic heterocycles. The highest BCUT2D eigenvalue weighted by atomic mass is 16.2. The Morgan fingerprint density at radius 3 is 2.33 bits per heavy atom. The van der Waals surface area contributed by atoms with Crippen molar-refractivity contribution in [3.63, 3.8) is 0 Å². The number of anilines is 1. The van der Waals surface area contributed by atoms with Crippen LogP contribution in [0, 0.1) is 0 Å². The molecule has 1 aliphatic rings. The summed E-state index contributed by atoms with van der Waals surface area (Å²) in [5.74, 6) is -0.00621. The molecule has 24 heavy (non-hydrogen) atoms. The second-order valence-electron chi connectivity index (χ2n) is 5.97. The lowest BCUT2D eigenvalue weighted by atomic mass is 10.1. The number of carbonyl (C=O) groups excluding carboxylic acids is 2. The Labute approximate surface area is 142 Å². The number of benzene rings is 2. The van der Waals surface area contributed by atoms with Crippen molar-refractivity contribution in [1.29, 1.82) is 0 Å². The number of hydrogen-bond acceptors (Lipinski definition) is 2. The van der Waals surface area contributed by atoms with Gasteiger partial charge >= 0.3 is 0 Å². The van der Waals surface area contributed by atoms with Crippen molar-refractivity contribution >= 4 is 23.1 Å². The van der Waals surface area contributed by atoms with Gasteiger partial charge < -0.3 is 0 Å². The monoisotopic (exact) mass is 319 g/mol. The molecular formula is C21H21NO2. The lowest BCUT2D eigenvalue weighted by Gasteiger charge is -2.18. The summed E-state index contributed by atoms with van der Waals surface area (Å²) in [5.41, 5.74) is 2.94. The Kier molecular flexibility index (Phi) is 4.90. The summed E-state index contributed by atoms with van der Waals surface area (Å²) in [6.45, 7) is 2.12. The summed E-state index contributed by atoms with van der Waals surface area (Å²) in [5, 5.41) is 0. The molecule has 3 rings (SSSR count). The van der Waals surface area contributed by atoms with E-state index in [2.05, 4.69) is 6.92 Å². The van der Waals surface area contributed by atoms with E-state index in [1.165, 1.54) is 0 Å². The van der Waals surface area contributed by atoms with Crippen LogP contribution in [0.5, 0.6) is 0 Å². The SMILES string of the molecule is CCCCCC(=O)/C=C1/c2ccccc2C(=O)N1c1ccccc1. The first-order chi connectivity index (χ1) is 11.7. The zero-order valence-corrected chi connectivity index (χ0v) is 13.9. The van der Waals surface area contributed by atoms with E-state index in [0.29, 0.717) is 17.7 Å². The van der Waals surface area contributed by atoms with Crippen LogP contribution < -0.4 is 4.90 Å². The van der Waals surface area contributed by atoms with Crippen molar-refractivity contribution < 1.29 is 9.59 Å². The molecule has 0 N–H and O–H groups in total. The van der Waals surface area contributed by atoms with Crippen LogP contribution in [0.4, 0.5) is 5.69 Å². The van der Waals surface area contributed by atoms with Gasteiger partial charge in [0.25, 0.3) is 5.91 Å². The molecule has 2 aromatic carbocycles. The quantitative estimate of drug-likeness (QED) is 0.564. The zero-order valence-electron chi connectivity index (χ0n) is 13.9. The molecule has 1 amide bonds. The highest BCUT2D eigenvalue weighted by Gasteiger charge is 2.33. The van der Waals surface area contributed by atoms with Gasteiger partial charge in [0.1, 0.15) is 0 Å². The van der Waals surface area contributed by atoms with Crippen LogP contribution in [0.1, 0.15) is 48.5 Å². The number of nitrogens with zero attached hydrogens (tertiary/aromatic N) is 1. The fraction of sp³-hybridized carbons (Fsp3) is 0.238. The summed E-state index contributed by atoms with van der Waals surface area (Å²) in [4.78, 5) is 26.8. The first-order valence-electron chi connectivity index (χ1n) is 8.46. The number of unbranched alkanes of at least 4 members (excludes halogenated alkanes) is 2. The minimum atomic E-state index is -0.0793. The maximum absolute atomic E-state index is 12.8. The average molecular weight is 319 g/mol. The van der Waals surface area contributed by atoms with Gasteiger partial charge in [-0.25, -0.2) is 0 Å². The second-order valence-corrected chi connectivity index (χ2v) is 5.97. The van der Waals surface area contributed by atoms with E-state index >= 15 is 0 Å². The Morgan fingerprint density at radius 2 is 1.62 bits per heavy atom. The van der Waals surface area contributed by atoms with Crippen molar-refractivity contribution in [2.45, 2.75) is 32.6 Å². The van der Waals surface area contributed by atoms with Crippen LogP contribution >= 0.6 is 0 Å². The van der Waals surface area contributed by atoms with Gasteiger partial charge in [-0.3, -0.25) is 14.5 Å². The number of ketones is 1. The van der Waals surface area contributed by atoms with E-state index in [1.54, 1.807) is 11.0 Å². The van der Waals surface area contributed by atoms with E-state index < -0.39 is 0 Å². The standard InChI is InChI=1S/C21H21NO2/c1-2-3-5-12-17(23)15-20-18-13-8-9-14-19(18)21(24)22(20)16-10-6-4-7-11-16/h4,6-11,13-15H,2-3,5,12H2,1H3/b20-15-. The lowest BCUT2D eigenvalue weighted by Crippen LogP contribution is -2.22. The summed E-state index contributed by atoms with van der Waals surface area (Å²) in [7, 11) is 0. The molecule has 0 saturated carbocycles. The van der Waals surface area contributed by atoms with Gasteiger partial charge in [-0.15, -0.1) is 0 Å². The van der Waals surface area contributed by atoms with Crippen molar-refractivity contribution in [2.75, 3.05) is 4.90 Å². The van der Waals surface area contributed by atoms with Gasteiger partial charge in [-0.05, 0) is 24.6 Å². The molecule has 0 bridgehead atoms. The van der Waals surface area contributed by atoms with Crippen LogP contribution in [0.2, 0.25) is 0 Å². The Hall–Kier alpha value is -2.68. The smallest absolute Gasteiger partial charge is 0.263 e. The predicted octanol–water partition coefficient (Wildman–Crippen LogP) is 4.84. The first kappa shape index (κ1) is 16.2. The molecule has 3 nitrogen and oxygen atoms in total. The maximum atomic E-state index is 12.8. The van der Waals surface area contributed by atoms with Crippen LogP contribution in [-0.2, 0) is 4.79 Å². The number of rotatable bonds is 6. The second kappa shape index (κ2) is 7.26. The first-order valence-corrected chi connectivity index (χ1v) is 8.46. The van der Waals surface area contributed by atoms with Crippen LogP contribution in [-0.4, -0.2) is 11.7 Å². The largest absolute Gasteiger partial charge is 0.295 e. The Balaban J connectivity index is 1.99. The van der Waals surface area contributed by atoms with Crippen molar-refractivity contribution in [3.8, 4) is 0 Å². The number of hydrogen-bond donors (Lipinski definition) is 0. The molecule has 1 heterocycles.